The van der Waals surface area contributed by atoms with Gasteiger partial charge in [0, 0.05) is 17.1 Å². The van der Waals surface area contributed by atoms with Gasteiger partial charge in [-0.25, -0.2) is 17.9 Å². The van der Waals surface area contributed by atoms with Crippen LogP contribution < -0.4 is 9.62 Å². The second-order valence-electron chi connectivity index (χ2n) is 5.17. The fourth-order valence-electron chi connectivity index (χ4n) is 2.28. The van der Waals surface area contributed by atoms with Gasteiger partial charge in [-0.1, -0.05) is 18.2 Å². The van der Waals surface area contributed by atoms with Crippen molar-refractivity contribution in [1.29, 1.82) is 0 Å². The van der Waals surface area contributed by atoms with E-state index in [2.05, 4.69) is 4.72 Å². The minimum Gasteiger partial charge on any atom is -0.443 e. The molecule has 0 saturated carbocycles. The number of aryl methyl sites for hydroxylation is 1. The second kappa shape index (κ2) is 6.31. The van der Waals surface area contributed by atoms with Gasteiger partial charge in [0.25, 0.3) is 0 Å². The summed E-state index contributed by atoms with van der Waals surface area (Å²) in [6.07, 6.45) is -0.981. The van der Waals surface area contributed by atoms with Crippen LogP contribution in [0.25, 0.3) is 0 Å². The number of thiophene rings is 1. The lowest BCUT2D eigenvalue weighted by molar-refractivity contribution is 0.143. The molecule has 0 aliphatic carbocycles. The molecule has 1 fully saturated rings. The first-order chi connectivity index (χ1) is 11.0. The Bertz CT molecular complexity index is 802. The third-order valence-electron chi connectivity index (χ3n) is 3.42. The number of ether oxygens (including phenoxy) is 1. The Kier molecular flexibility index (Phi) is 4.38. The van der Waals surface area contributed by atoms with E-state index in [0.29, 0.717) is 6.54 Å². The Morgan fingerprint density at radius 2 is 2.00 bits per heavy atom. The van der Waals surface area contributed by atoms with E-state index >= 15 is 0 Å². The molecular formula is C15H16N2O4S2. The molecule has 1 atom stereocenters. The van der Waals surface area contributed by atoms with E-state index in [9.17, 15) is 13.2 Å². The third kappa shape index (κ3) is 3.54. The number of carbonyl (C=O) groups excluding carboxylic acids is 1. The maximum Gasteiger partial charge on any atom is 0.414 e. The van der Waals surface area contributed by atoms with E-state index in [1.165, 1.54) is 16.2 Å². The van der Waals surface area contributed by atoms with Crippen LogP contribution in [-0.4, -0.2) is 33.7 Å². The van der Waals surface area contributed by atoms with Crippen molar-refractivity contribution in [1.82, 2.24) is 4.72 Å². The van der Waals surface area contributed by atoms with Crippen molar-refractivity contribution in [2.75, 3.05) is 18.0 Å². The van der Waals surface area contributed by atoms with Gasteiger partial charge in [-0.05, 0) is 31.2 Å². The molecule has 122 valence electrons. The highest BCUT2D eigenvalue weighted by Crippen LogP contribution is 2.22. The first-order valence-electron chi connectivity index (χ1n) is 7.05. The monoisotopic (exact) mass is 352 g/mol. The number of hydrogen-bond acceptors (Lipinski definition) is 5. The summed E-state index contributed by atoms with van der Waals surface area (Å²) >= 11 is 1.21. The molecule has 23 heavy (non-hydrogen) atoms. The highest BCUT2D eigenvalue weighted by molar-refractivity contribution is 7.91. The lowest BCUT2D eigenvalue weighted by Gasteiger charge is -2.12. The molecule has 1 unspecified atom stereocenters. The summed E-state index contributed by atoms with van der Waals surface area (Å²) in [5, 5.41) is 0. The smallest absolute Gasteiger partial charge is 0.414 e. The standard InChI is InChI=1S/C15H16N2O4S2/c1-11-7-8-14(22-11)23(19,20)16-9-13-10-17(15(18)21-13)12-5-3-2-4-6-12/h2-8,13,16H,9-10H2,1H3. The number of anilines is 1. The molecule has 6 nitrogen and oxygen atoms in total. The van der Waals surface area contributed by atoms with Gasteiger partial charge in [0.2, 0.25) is 10.0 Å². The summed E-state index contributed by atoms with van der Waals surface area (Å²) in [5.41, 5.74) is 0.733. The van der Waals surface area contributed by atoms with Crippen molar-refractivity contribution < 1.29 is 17.9 Å². The molecule has 8 heteroatoms. The van der Waals surface area contributed by atoms with Gasteiger partial charge in [0.05, 0.1) is 6.54 Å². The Morgan fingerprint density at radius 1 is 1.26 bits per heavy atom. The van der Waals surface area contributed by atoms with Crippen molar-refractivity contribution in [3.63, 3.8) is 0 Å². The number of nitrogens with zero attached hydrogens (tertiary/aromatic N) is 1. The average molecular weight is 352 g/mol. The van der Waals surface area contributed by atoms with Gasteiger partial charge >= 0.3 is 6.09 Å². The van der Waals surface area contributed by atoms with E-state index in [-0.39, 0.29) is 10.8 Å². The van der Waals surface area contributed by atoms with Crippen molar-refractivity contribution in [2.24, 2.45) is 0 Å². The lowest BCUT2D eigenvalue weighted by Crippen LogP contribution is -2.34. The first kappa shape index (κ1) is 16.0. The number of carbonyl (C=O) groups is 1. The number of nitrogens with one attached hydrogen (secondary N) is 1. The van der Waals surface area contributed by atoms with Gasteiger partial charge < -0.3 is 4.74 Å². The Hall–Kier alpha value is -1.90. The fourth-order valence-corrected chi connectivity index (χ4v) is 4.67. The molecule has 1 aliphatic rings. The van der Waals surface area contributed by atoms with Crippen molar-refractivity contribution in [3.8, 4) is 0 Å². The molecule has 0 spiro atoms. The van der Waals surface area contributed by atoms with Crippen LogP contribution in [0.1, 0.15) is 4.88 Å². The zero-order valence-corrected chi connectivity index (χ0v) is 14.1. The predicted octanol–water partition coefficient (Wildman–Crippen LogP) is 2.36. The highest BCUT2D eigenvalue weighted by Gasteiger charge is 2.33. The minimum absolute atomic E-state index is 0.0500. The highest BCUT2D eigenvalue weighted by atomic mass is 32.2. The molecule has 1 amide bonds. The quantitative estimate of drug-likeness (QED) is 0.896. The molecule has 0 bridgehead atoms. The third-order valence-corrected chi connectivity index (χ3v) is 6.34. The topological polar surface area (TPSA) is 75.7 Å². The van der Waals surface area contributed by atoms with E-state index in [1.807, 2.05) is 37.3 Å². The first-order valence-corrected chi connectivity index (χ1v) is 9.35. The predicted molar refractivity (Wildman–Crippen MR) is 88.3 cm³/mol. The normalized spacial score (nSPS) is 18.2. The van der Waals surface area contributed by atoms with Crippen LogP contribution in [0, 0.1) is 6.92 Å². The summed E-state index contributed by atoms with van der Waals surface area (Å²) in [4.78, 5) is 14.3. The van der Waals surface area contributed by atoms with Crippen molar-refractivity contribution in [2.45, 2.75) is 17.2 Å². The molecule has 0 radical (unpaired) electrons. The van der Waals surface area contributed by atoms with Gasteiger partial charge in [0.1, 0.15) is 10.3 Å². The SMILES string of the molecule is Cc1ccc(S(=O)(=O)NCC2CN(c3ccccc3)C(=O)O2)s1. The molecule has 2 aromatic rings. The number of para-hydroxylation sites is 1. The number of cyclic esters (lactones) is 1. The molecule has 1 aromatic carbocycles. The summed E-state index contributed by atoms with van der Waals surface area (Å²) in [7, 11) is -3.57. The molecule has 2 heterocycles. The number of sulfonamides is 1. The number of amides is 1. The Morgan fingerprint density at radius 3 is 2.65 bits per heavy atom. The molecule has 1 aliphatic heterocycles. The largest absolute Gasteiger partial charge is 0.443 e. The summed E-state index contributed by atoms with van der Waals surface area (Å²) in [6.45, 7) is 2.21. The van der Waals surface area contributed by atoms with Gasteiger partial charge in [-0.3, -0.25) is 4.90 Å². The molecular weight excluding hydrogens is 336 g/mol. The number of hydrogen-bond donors (Lipinski definition) is 1. The molecule has 1 saturated heterocycles. The minimum atomic E-state index is -3.57. The van der Waals surface area contributed by atoms with E-state index in [1.54, 1.807) is 12.1 Å². The fraction of sp³-hybridized carbons (Fsp3) is 0.267. The maximum absolute atomic E-state index is 12.2. The van der Waals surface area contributed by atoms with Crippen LogP contribution in [0.3, 0.4) is 0 Å². The van der Waals surface area contributed by atoms with Crippen molar-refractivity contribution in [3.05, 3.63) is 47.3 Å². The zero-order chi connectivity index (χ0) is 16.4. The zero-order valence-electron chi connectivity index (χ0n) is 12.4. The Labute approximate surface area is 138 Å². The van der Waals surface area contributed by atoms with Gasteiger partial charge in [-0.15, -0.1) is 11.3 Å². The van der Waals surface area contributed by atoms with Crippen LogP contribution in [0.5, 0.6) is 0 Å². The lowest BCUT2D eigenvalue weighted by atomic mass is 10.3. The summed E-state index contributed by atoms with van der Waals surface area (Å²) < 4.78 is 32.4. The van der Waals surface area contributed by atoms with Crippen LogP contribution in [0.15, 0.2) is 46.7 Å². The summed E-state index contributed by atoms with van der Waals surface area (Å²) in [5.74, 6) is 0. The van der Waals surface area contributed by atoms with E-state index < -0.39 is 22.2 Å². The number of benzene rings is 1. The van der Waals surface area contributed by atoms with Gasteiger partial charge in [-0.2, -0.15) is 0 Å². The van der Waals surface area contributed by atoms with Crippen LogP contribution in [-0.2, 0) is 14.8 Å². The van der Waals surface area contributed by atoms with Gasteiger partial charge in [0.15, 0.2) is 0 Å². The Balaban J connectivity index is 1.63. The summed E-state index contributed by atoms with van der Waals surface area (Å²) in [6, 6.07) is 12.5. The maximum atomic E-state index is 12.2. The average Bonchev–Trinajstić information content (AvgIpc) is 3.13. The molecule has 1 N–H and O–H groups in total. The number of rotatable bonds is 5. The van der Waals surface area contributed by atoms with Crippen molar-refractivity contribution >= 4 is 33.1 Å². The van der Waals surface area contributed by atoms with E-state index in [4.69, 9.17) is 4.74 Å². The van der Waals surface area contributed by atoms with Crippen LogP contribution in [0.4, 0.5) is 10.5 Å². The van der Waals surface area contributed by atoms with E-state index in [0.717, 1.165) is 10.6 Å². The molecule has 3 rings (SSSR count). The second-order valence-corrected chi connectivity index (χ2v) is 8.45. The molecule has 1 aromatic heterocycles. The van der Waals surface area contributed by atoms with Crippen LogP contribution in [0.2, 0.25) is 0 Å². The van der Waals surface area contributed by atoms with Crippen LogP contribution >= 0.6 is 11.3 Å².